The van der Waals surface area contributed by atoms with Crippen molar-refractivity contribution in [3.63, 3.8) is 0 Å². The minimum atomic E-state index is -2.73. The average Bonchev–Trinajstić information content (AvgIpc) is 2.15. The van der Waals surface area contributed by atoms with Crippen molar-refractivity contribution in [1.29, 1.82) is 0 Å². The molecule has 0 saturated heterocycles. The summed E-state index contributed by atoms with van der Waals surface area (Å²) >= 11 is 0. The van der Waals surface area contributed by atoms with Crippen molar-refractivity contribution in [3.05, 3.63) is 18.0 Å². The second-order valence-electron chi connectivity index (χ2n) is 2.38. The summed E-state index contributed by atoms with van der Waals surface area (Å²) in [5, 5.41) is 2.13. The van der Waals surface area contributed by atoms with Crippen molar-refractivity contribution in [3.8, 4) is 0 Å². The molecule has 14 heavy (non-hydrogen) atoms. The third-order valence-electron chi connectivity index (χ3n) is 1.32. The first-order chi connectivity index (χ1) is 6.59. The van der Waals surface area contributed by atoms with Gasteiger partial charge in [-0.05, 0) is 6.07 Å². The van der Waals surface area contributed by atoms with Gasteiger partial charge in [-0.25, -0.2) is 27.5 Å². The van der Waals surface area contributed by atoms with Gasteiger partial charge in [0.05, 0.1) is 6.54 Å². The molecule has 0 saturated carbocycles. The first-order valence-corrected chi connectivity index (χ1v) is 3.72. The van der Waals surface area contributed by atoms with Crippen molar-refractivity contribution >= 4 is 5.95 Å². The van der Waals surface area contributed by atoms with E-state index in [-0.39, 0.29) is 5.95 Å². The Morgan fingerprint density at radius 3 is 2.57 bits per heavy atom. The van der Waals surface area contributed by atoms with Crippen LogP contribution in [0.2, 0.25) is 0 Å². The topological polar surface area (TPSA) is 37.8 Å². The lowest BCUT2D eigenvalue weighted by Crippen LogP contribution is -2.13. The van der Waals surface area contributed by atoms with Gasteiger partial charge in [0.15, 0.2) is 0 Å². The monoisotopic (exact) mass is 209 g/mol. The second-order valence-corrected chi connectivity index (χ2v) is 2.38. The van der Waals surface area contributed by atoms with Crippen molar-refractivity contribution in [2.24, 2.45) is 0 Å². The summed E-state index contributed by atoms with van der Waals surface area (Å²) in [6, 6.07) is 1.03. The molecule has 0 aliphatic carbocycles. The minimum Gasteiger partial charge on any atom is -0.348 e. The zero-order chi connectivity index (χ0) is 10.6. The van der Waals surface area contributed by atoms with Crippen LogP contribution in [-0.4, -0.2) is 22.9 Å². The largest absolute Gasteiger partial charge is 0.348 e. The maximum atomic E-state index is 12.1. The van der Waals surface area contributed by atoms with Gasteiger partial charge < -0.3 is 5.32 Å². The first-order valence-electron chi connectivity index (χ1n) is 3.72. The van der Waals surface area contributed by atoms with E-state index in [0.29, 0.717) is 0 Å². The molecule has 78 valence electrons. The Labute approximate surface area is 77.2 Å². The van der Waals surface area contributed by atoms with E-state index in [1.165, 1.54) is 0 Å². The van der Waals surface area contributed by atoms with Crippen LogP contribution >= 0.6 is 0 Å². The summed E-state index contributed by atoms with van der Waals surface area (Å²) in [6.45, 7) is -0.660. The van der Waals surface area contributed by atoms with E-state index in [4.69, 9.17) is 0 Å². The summed E-state index contributed by atoms with van der Waals surface area (Å²) in [5.41, 5.74) is -0.489. The minimum absolute atomic E-state index is 0.219. The Hall–Kier alpha value is -1.40. The van der Waals surface area contributed by atoms with Crippen LogP contribution in [0.5, 0.6) is 0 Å². The Bertz CT molecular complexity index is 292. The maximum Gasteiger partial charge on any atom is 0.280 e. The number of nitrogens with zero attached hydrogens (tertiary/aromatic N) is 2. The predicted octanol–water partition coefficient (Wildman–Crippen LogP) is 2.09. The third kappa shape index (κ3) is 3.15. The van der Waals surface area contributed by atoms with Crippen LogP contribution in [0.15, 0.2) is 12.3 Å². The number of aromatic nitrogens is 2. The fraction of sp³-hybridized carbons (Fsp3) is 0.429. The maximum absolute atomic E-state index is 12.1. The molecule has 1 N–H and O–H groups in total. The number of anilines is 1. The Kier molecular flexibility index (Phi) is 3.61. The molecule has 1 aromatic heterocycles. The summed E-state index contributed by atoms with van der Waals surface area (Å²) in [7, 11) is 0. The lowest BCUT2D eigenvalue weighted by atomic mass is 10.4. The van der Waals surface area contributed by atoms with Crippen LogP contribution in [0.4, 0.5) is 23.5 Å². The van der Waals surface area contributed by atoms with Crippen LogP contribution in [0.3, 0.4) is 0 Å². The highest BCUT2D eigenvalue weighted by Crippen LogP contribution is 2.16. The van der Waals surface area contributed by atoms with Gasteiger partial charge in [0.2, 0.25) is 5.95 Å². The molecule has 0 bridgehead atoms. The highest BCUT2D eigenvalue weighted by atomic mass is 19.3. The van der Waals surface area contributed by atoms with Gasteiger partial charge in [0.1, 0.15) is 5.69 Å². The van der Waals surface area contributed by atoms with E-state index in [9.17, 15) is 17.6 Å². The summed E-state index contributed by atoms with van der Waals surface area (Å²) in [5.74, 6) is -0.219. The van der Waals surface area contributed by atoms with Crippen LogP contribution in [0.1, 0.15) is 12.1 Å². The van der Waals surface area contributed by atoms with Gasteiger partial charge in [-0.2, -0.15) is 0 Å². The first kappa shape index (κ1) is 10.7. The number of halogens is 4. The second kappa shape index (κ2) is 4.73. The van der Waals surface area contributed by atoms with Crippen molar-refractivity contribution < 1.29 is 17.6 Å². The molecule has 0 amide bonds. The molecule has 1 rings (SSSR count). The standard InChI is InChI=1S/C7H7F4N3/c8-5(9)3-13-7-12-2-1-4(14-7)6(10)11/h1-2,5-6H,3H2,(H,12,13,14). The Balaban J connectivity index is 2.64. The van der Waals surface area contributed by atoms with E-state index in [1.807, 2.05) is 0 Å². The molecular formula is C7H7F4N3. The number of nitrogens with one attached hydrogen (secondary N) is 1. The fourth-order valence-electron chi connectivity index (χ4n) is 0.748. The van der Waals surface area contributed by atoms with Crippen molar-refractivity contribution in [2.75, 3.05) is 11.9 Å². The molecule has 1 aromatic rings. The van der Waals surface area contributed by atoms with E-state index in [1.54, 1.807) is 0 Å². The zero-order valence-electron chi connectivity index (χ0n) is 6.92. The molecule has 0 aromatic carbocycles. The Morgan fingerprint density at radius 1 is 1.29 bits per heavy atom. The number of hydrogen-bond acceptors (Lipinski definition) is 3. The van der Waals surface area contributed by atoms with Gasteiger partial charge in [-0.15, -0.1) is 0 Å². The van der Waals surface area contributed by atoms with Crippen molar-refractivity contribution in [1.82, 2.24) is 9.97 Å². The van der Waals surface area contributed by atoms with Gasteiger partial charge in [0, 0.05) is 6.20 Å². The SMILES string of the molecule is FC(F)CNc1nccc(C(F)F)n1. The quantitative estimate of drug-likeness (QED) is 0.771. The Morgan fingerprint density at radius 2 is 2.00 bits per heavy atom. The van der Waals surface area contributed by atoms with Crippen LogP contribution < -0.4 is 5.32 Å². The van der Waals surface area contributed by atoms with Crippen LogP contribution in [-0.2, 0) is 0 Å². The molecular weight excluding hydrogens is 202 g/mol. The molecule has 0 spiro atoms. The molecule has 0 aliphatic heterocycles. The zero-order valence-corrected chi connectivity index (χ0v) is 6.92. The molecule has 1 heterocycles. The summed E-state index contributed by atoms with van der Waals surface area (Å²) in [6.07, 6.45) is -4.22. The van der Waals surface area contributed by atoms with Gasteiger partial charge >= 0.3 is 0 Å². The number of hydrogen-bond donors (Lipinski definition) is 1. The summed E-state index contributed by atoms with van der Waals surface area (Å²) < 4.78 is 47.6. The highest BCUT2D eigenvalue weighted by molar-refractivity contribution is 5.25. The van der Waals surface area contributed by atoms with Crippen molar-refractivity contribution in [2.45, 2.75) is 12.9 Å². The molecule has 0 aliphatic rings. The van der Waals surface area contributed by atoms with E-state index in [0.717, 1.165) is 12.3 Å². The van der Waals surface area contributed by atoms with E-state index in [2.05, 4.69) is 15.3 Å². The molecule has 3 nitrogen and oxygen atoms in total. The summed E-state index contributed by atoms with van der Waals surface area (Å²) in [4.78, 5) is 6.84. The van der Waals surface area contributed by atoms with Crippen LogP contribution in [0.25, 0.3) is 0 Å². The lowest BCUT2D eigenvalue weighted by Gasteiger charge is -2.04. The predicted molar refractivity (Wildman–Crippen MR) is 41.5 cm³/mol. The molecule has 0 unspecified atom stereocenters. The van der Waals surface area contributed by atoms with Gasteiger partial charge in [0.25, 0.3) is 12.9 Å². The van der Waals surface area contributed by atoms with E-state index >= 15 is 0 Å². The molecule has 7 heteroatoms. The molecule has 0 atom stereocenters. The van der Waals surface area contributed by atoms with Gasteiger partial charge in [-0.3, -0.25) is 0 Å². The fourth-order valence-corrected chi connectivity index (χ4v) is 0.748. The highest BCUT2D eigenvalue weighted by Gasteiger charge is 2.10. The molecule has 0 fully saturated rings. The van der Waals surface area contributed by atoms with Crippen LogP contribution in [0, 0.1) is 0 Å². The number of rotatable bonds is 4. The molecule has 0 radical (unpaired) electrons. The lowest BCUT2D eigenvalue weighted by molar-refractivity contribution is 0.146. The third-order valence-corrected chi connectivity index (χ3v) is 1.32. The van der Waals surface area contributed by atoms with E-state index < -0.39 is 25.1 Å². The van der Waals surface area contributed by atoms with Gasteiger partial charge in [-0.1, -0.05) is 0 Å². The smallest absolute Gasteiger partial charge is 0.280 e. The normalized spacial score (nSPS) is 11.0. The average molecular weight is 209 g/mol. The number of alkyl halides is 4.